The number of aliphatic carboxylic acids is 1. The lowest BCUT2D eigenvalue weighted by atomic mass is 10.1. The number of aryl methyl sites for hydroxylation is 1. The first-order valence-corrected chi connectivity index (χ1v) is 7.08. The van der Waals surface area contributed by atoms with Gasteiger partial charge in [0.1, 0.15) is 5.69 Å². The van der Waals surface area contributed by atoms with E-state index >= 15 is 0 Å². The number of carboxylic acids is 1. The summed E-state index contributed by atoms with van der Waals surface area (Å²) in [7, 11) is 0. The first kappa shape index (κ1) is 14.8. The largest absolute Gasteiger partial charge is 0.481 e. The molecule has 7 heteroatoms. The lowest BCUT2D eigenvalue weighted by molar-refractivity contribution is -0.141. The van der Waals surface area contributed by atoms with Crippen LogP contribution < -0.4 is 0 Å². The molecule has 0 saturated heterocycles. The normalized spacial score (nSPS) is 15.9. The molecule has 1 amide bonds. The summed E-state index contributed by atoms with van der Waals surface area (Å²) in [5.74, 6) is -1.74. The Bertz CT molecular complexity index is 525. The molecule has 110 valence electrons. The molecule has 2 rings (SSSR count). The van der Waals surface area contributed by atoms with Gasteiger partial charge in [-0.2, -0.15) is 5.10 Å². The molecule has 1 atom stereocenters. The summed E-state index contributed by atoms with van der Waals surface area (Å²) in [6, 6.07) is 0.126. The minimum Gasteiger partial charge on any atom is -0.481 e. The van der Waals surface area contributed by atoms with E-state index in [0.29, 0.717) is 17.3 Å². The van der Waals surface area contributed by atoms with Gasteiger partial charge in [0, 0.05) is 19.1 Å². The van der Waals surface area contributed by atoms with Crippen LogP contribution in [0.25, 0.3) is 0 Å². The highest BCUT2D eigenvalue weighted by Gasteiger charge is 2.36. The van der Waals surface area contributed by atoms with Crippen molar-refractivity contribution in [1.82, 2.24) is 14.7 Å². The lowest BCUT2D eigenvalue weighted by Gasteiger charge is -2.24. The van der Waals surface area contributed by atoms with Gasteiger partial charge < -0.3 is 10.0 Å². The maximum atomic E-state index is 12.6. The molecular formula is C13H18ClN3O3. The van der Waals surface area contributed by atoms with Crippen molar-refractivity contribution in [3.63, 3.8) is 0 Å². The molecule has 1 aliphatic rings. The van der Waals surface area contributed by atoms with Gasteiger partial charge in [0.25, 0.3) is 5.91 Å². The van der Waals surface area contributed by atoms with Crippen molar-refractivity contribution in [2.24, 2.45) is 5.92 Å². The molecule has 1 N–H and O–H groups in total. The number of carbonyl (C=O) groups excluding carboxylic acids is 1. The number of aromatic nitrogens is 2. The van der Waals surface area contributed by atoms with Crippen LogP contribution in [0.1, 0.15) is 37.2 Å². The number of carbonyl (C=O) groups is 2. The van der Waals surface area contributed by atoms with E-state index in [1.54, 1.807) is 16.5 Å². The predicted molar refractivity (Wildman–Crippen MR) is 73.8 cm³/mol. The minimum atomic E-state index is -0.904. The number of hydrogen-bond donors (Lipinski definition) is 1. The van der Waals surface area contributed by atoms with Crippen LogP contribution in [0.4, 0.5) is 0 Å². The Morgan fingerprint density at radius 1 is 1.60 bits per heavy atom. The van der Waals surface area contributed by atoms with Crippen LogP contribution >= 0.6 is 11.6 Å². The van der Waals surface area contributed by atoms with Crippen LogP contribution in [0.5, 0.6) is 0 Å². The standard InChI is InChI=1S/C13H18ClN3O3/c1-3-17-11(10(14)6-15-17)12(18)16(9-4-5-9)7-8(2)13(19)20/h6,8-9H,3-5,7H2,1-2H3,(H,19,20). The highest BCUT2D eigenvalue weighted by molar-refractivity contribution is 6.33. The molecule has 0 bridgehead atoms. The molecule has 0 spiro atoms. The van der Waals surface area contributed by atoms with Crippen LogP contribution in [0.2, 0.25) is 5.02 Å². The molecule has 1 fully saturated rings. The summed E-state index contributed by atoms with van der Waals surface area (Å²) < 4.78 is 1.55. The second-order valence-electron chi connectivity index (χ2n) is 5.08. The zero-order valence-electron chi connectivity index (χ0n) is 11.5. The Hall–Kier alpha value is -1.56. The Morgan fingerprint density at radius 3 is 2.75 bits per heavy atom. The lowest BCUT2D eigenvalue weighted by Crippen LogP contribution is -2.39. The third-order valence-corrected chi connectivity index (χ3v) is 3.71. The van der Waals surface area contributed by atoms with Gasteiger partial charge in [-0.15, -0.1) is 0 Å². The second-order valence-corrected chi connectivity index (χ2v) is 5.49. The van der Waals surface area contributed by atoms with E-state index in [1.165, 1.54) is 6.20 Å². The SMILES string of the molecule is CCn1ncc(Cl)c1C(=O)N(CC(C)C(=O)O)C1CC1. The van der Waals surface area contributed by atoms with Crippen LogP contribution in [-0.2, 0) is 11.3 Å². The maximum Gasteiger partial charge on any atom is 0.308 e. The van der Waals surface area contributed by atoms with Gasteiger partial charge in [-0.25, -0.2) is 0 Å². The van der Waals surface area contributed by atoms with Crippen LogP contribution in [0, 0.1) is 5.92 Å². The number of amides is 1. The van der Waals surface area contributed by atoms with Crippen molar-refractivity contribution in [3.05, 3.63) is 16.9 Å². The zero-order valence-corrected chi connectivity index (χ0v) is 12.3. The van der Waals surface area contributed by atoms with E-state index in [1.807, 2.05) is 6.92 Å². The van der Waals surface area contributed by atoms with Crippen molar-refractivity contribution in [3.8, 4) is 0 Å². The van der Waals surface area contributed by atoms with E-state index in [9.17, 15) is 9.59 Å². The summed E-state index contributed by atoms with van der Waals surface area (Å²) >= 11 is 6.04. The Kier molecular flexibility index (Phi) is 4.32. The molecule has 0 aliphatic heterocycles. The Balaban J connectivity index is 2.23. The quantitative estimate of drug-likeness (QED) is 0.870. The monoisotopic (exact) mass is 299 g/mol. The van der Waals surface area contributed by atoms with Crippen molar-refractivity contribution >= 4 is 23.5 Å². The van der Waals surface area contributed by atoms with Crippen molar-refractivity contribution in [2.75, 3.05) is 6.54 Å². The molecule has 6 nitrogen and oxygen atoms in total. The van der Waals surface area contributed by atoms with Gasteiger partial charge >= 0.3 is 5.97 Å². The molecule has 20 heavy (non-hydrogen) atoms. The van der Waals surface area contributed by atoms with E-state index in [0.717, 1.165) is 12.8 Å². The van der Waals surface area contributed by atoms with Crippen LogP contribution in [-0.4, -0.2) is 44.3 Å². The third kappa shape index (κ3) is 2.95. The second kappa shape index (κ2) is 5.83. The number of carboxylic acid groups (broad SMARTS) is 1. The average molecular weight is 300 g/mol. The molecule has 1 unspecified atom stereocenters. The third-order valence-electron chi connectivity index (χ3n) is 3.44. The van der Waals surface area contributed by atoms with E-state index < -0.39 is 11.9 Å². The molecule has 1 saturated carbocycles. The van der Waals surface area contributed by atoms with Gasteiger partial charge in [0.2, 0.25) is 0 Å². The summed E-state index contributed by atoms with van der Waals surface area (Å²) in [6.45, 7) is 4.22. The topological polar surface area (TPSA) is 75.4 Å². The van der Waals surface area contributed by atoms with Crippen LogP contribution in [0.15, 0.2) is 6.20 Å². The fourth-order valence-electron chi connectivity index (χ4n) is 2.11. The highest BCUT2D eigenvalue weighted by atomic mass is 35.5. The molecule has 1 aliphatic carbocycles. The van der Waals surface area contributed by atoms with Crippen molar-refractivity contribution < 1.29 is 14.7 Å². The number of rotatable bonds is 6. The number of halogens is 1. The fourth-order valence-corrected chi connectivity index (χ4v) is 2.33. The predicted octanol–water partition coefficient (Wildman–Crippen LogP) is 1.88. The Labute approximate surface area is 122 Å². The first-order chi connectivity index (χ1) is 9.45. The summed E-state index contributed by atoms with van der Waals surface area (Å²) in [5.41, 5.74) is 0.346. The van der Waals surface area contributed by atoms with Gasteiger partial charge in [-0.1, -0.05) is 18.5 Å². The summed E-state index contributed by atoms with van der Waals surface area (Å²) in [6.07, 6.45) is 3.27. The molecular weight excluding hydrogens is 282 g/mol. The average Bonchev–Trinajstić information content (AvgIpc) is 3.17. The molecule has 0 radical (unpaired) electrons. The van der Waals surface area contributed by atoms with Crippen molar-refractivity contribution in [2.45, 2.75) is 39.3 Å². The fraction of sp³-hybridized carbons (Fsp3) is 0.615. The Morgan fingerprint density at radius 2 is 2.25 bits per heavy atom. The van der Waals surface area contributed by atoms with E-state index in [-0.39, 0.29) is 18.5 Å². The summed E-state index contributed by atoms with van der Waals surface area (Å²) in [5, 5.41) is 13.4. The smallest absolute Gasteiger partial charge is 0.308 e. The van der Waals surface area contributed by atoms with Gasteiger partial charge in [-0.05, 0) is 19.8 Å². The van der Waals surface area contributed by atoms with Gasteiger partial charge in [-0.3, -0.25) is 14.3 Å². The number of nitrogens with zero attached hydrogens (tertiary/aromatic N) is 3. The molecule has 1 aromatic rings. The molecule has 0 aromatic carbocycles. The van der Waals surface area contributed by atoms with Gasteiger partial charge in [0.05, 0.1) is 17.1 Å². The van der Waals surface area contributed by atoms with Crippen LogP contribution in [0.3, 0.4) is 0 Å². The van der Waals surface area contributed by atoms with Crippen molar-refractivity contribution in [1.29, 1.82) is 0 Å². The first-order valence-electron chi connectivity index (χ1n) is 6.70. The molecule has 1 heterocycles. The van der Waals surface area contributed by atoms with E-state index in [2.05, 4.69) is 5.10 Å². The summed E-state index contributed by atoms with van der Waals surface area (Å²) in [4.78, 5) is 25.2. The minimum absolute atomic E-state index is 0.126. The van der Waals surface area contributed by atoms with E-state index in [4.69, 9.17) is 16.7 Å². The highest BCUT2D eigenvalue weighted by Crippen LogP contribution is 2.30. The van der Waals surface area contributed by atoms with Gasteiger partial charge in [0.15, 0.2) is 0 Å². The molecule has 1 aromatic heterocycles. The maximum absolute atomic E-state index is 12.6. The zero-order chi connectivity index (χ0) is 14.9. The number of hydrogen-bond acceptors (Lipinski definition) is 3.